The monoisotopic (exact) mass is 351 g/mol. The standard InChI is InChI=1S/C17H17N7O2/c25-24(26)13-3-1-2-12(6-13)8-22-14-7-15(22)10-21(9-14)17-5-4-16-19-18-11-23(16)20-17/h1-6,11,14-15H,7-10H2. The van der Waals surface area contributed by atoms with Gasteiger partial charge in [0.05, 0.1) is 4.92 Å². The van der Waals surface area contributed by atoms with E-state index in [1.165, 1.54) is 12.5 Å². The van der Waals surface area contributed by atoms with Crippen LogP contribution in [-0.2, 0) is 6.54 Å². The number of piperidine rings is 1. The fourth-order valence-corrected chi connectivity index (χ4v) is 4.00. The molecule has 3 aliphatic heterocycles. The number of rotatable bonds is 4. The molecule has 2 aromatic heterocycles. The van der Waals surface area contributed by atoms with Crippen LogP contribution in [0.5, 0.6) is 0 Å². The van der Waals surface area contributed by atoms with Crippen molar-refractivity contribution in [3.05, 3.63) is 58.4 Å². The molecule has 6 rings (SSSR count). The van der Waals surface area contributed by atoms with E-state index in [9.17, 15) is 10.1 Å². The van der Waals surface area contributed by atoms with Crippen LogP contribution < -0.4 is 4.90 Å². The molecule has 0 aliphatic carbocycles. The van der Waals surface area contributed by atoms with E-state index in [1.54, 1.807) is 23.0 Å². The first-order chi connectivity index (χ1) is 12.7. The molecule has 3 aromatic rings. The van der Waals surface area contributed by atoms with Crippen LogP contribution in [0, 0.1) is 10.1 Å². The van der Waals surface area contributed by atoms with Crippen molar-refractivity contribution in [2.75, 3.05) is 18.0 Å². The summed E-state index contributed by atoms with van der Waals surface area (Å²) in [5.74, 6) is 0.932. The summed E-state index contributed by atoms with van der Waals surface area (Å²) in [7, 11) is 0. The molecule has 132 valence electrons. The van der Waals surface area contributed by atoms with Gasteiger partial charge in [0.25, 0.3) is 5.69 Å². The molecule has 0 saturated carbocycles. The first-order valence-electron chi connectivity index (χ1n) is 8.58. The third-order valence-electron chi connectivity index (χ3n) is 5.30. The summed E-state index contributed by atoms with van der Waals surface area (Å²) in [5, 5.41) is 23.4. The highest BCUT2D eigenvalue weighted by Crippen LogP contribution is 2.35. The van der Waals surface area contributed by atoms with Crippen LogP contribution in [0.4, 0.5) is 11.5 Å². The fraction of sp³-hybridized carbons (Fsp3) is 0.353. The second kappa shape index (κ2) is 5.73. The van der Waals surface area contributed by atoms with Crippen molar-refractivity contribution < 1.29 is 4.92 Å². The number of benzene rings is 1. The SMILES string of the molecule is O=[N+]([O-])c1cccc(CN2C3CC2CN(c2ccc4nncn4n2)C3)c1. The van der Waals surface area contributed by atoms with E-state index in [1.807, 2.05) is 18.2 Å². The van der Waals surface area contributed by atoms with Crippen molar-refractivity contribution in [3.8, 4) is 0 Å². The largest absolute Gasteiger partial charge is 0.352 e. The molecule has 0 radical (unpaired) electrons. The van der Waals surface area contributed by atoms with E-state index >= 15 is 0 Å². The predicted molar refractivity (Wildman–Crippen MR) is 93.8 cm³/mol. The minimum atomic E-state index is -0.338. The van der Waals surface area contributed by atoms with Gasteiger partial charge in [-0.15, -0.1) is 15.3 Å². The highest BCUT2D eigenvalue weighted by molar-refractivity contribution is 5.46. The smallest absolute Gasteiger partial charge is 0.269 e. The number of anilines is 1. The lowest BCUT2D eigenvalue weighted by Gasteiger charge is -2.56. The van der Waals surface area contributed by atoms with Gasteiger partial charge in [0.2, 0.25) is 0 Å². The van der Waals surface area contributed by atoms with E-state index < -0.39 is 0 Å². The lowest BCUT2D eigenvalue weighted by Crippen LogP contribution is -2.68. The zero-order valence-electron chi connectivity index (χ0n) is 14.0. The Hall–Kier alpha value is -3.07. The van der Waals surface area contributed by atoms with Gasteiger partial charge in [0, 0.05) is 43.9 Å². The van der Waals surface area contributed by atoms with E-state index in [0.29, 0.717) is 12.1 Å². The van der Waals surface area contributed by atoms with Gasteiger partial charge >= 0.3 is 0 Å². The van der Waals surface area contributed by atoms with Crippen molar-refractivity contribution >= 4 is 17.2 Å². The number of nitro groups is 1. The first kappa shape index (κ1) is 15.2. The Balaban J connectivity index is 1.30. The Bertz CT molecular complexity index is 976. The van der Waals surface area contributed by atoms with Gasteiger partial charge in [-0.1, -0.05) is 12.1 Å². The molecule has 0 amide bonds. The molecule has 2 atom stereocenters. The minimum absolute atomic E-state index is 0.154. The van der Waals surface area contributed by atoms with E-state index in [4.69, 9.17) is 0 Å². The van der Waals surface area contributed by atoms with Gasteiger partial charge in [0.15, 0.2) is 5.65 Å². The Labute approximate surface area is 149 Å². The lowest BCUT2D eigenvalue weighted by atomic mass is 9.86. The summed E-state index contributed by atoms with van der Waals surface area (Å²) in [6.45, 7) is 2.57. The average Bonchev–Trinajstić information content (AvgIpc) is 3.14. The molecule has 2 unspecified atom stereocenters. The highest BCUT2D eigenvalue weighted by Gasteiger charge is 2.44. The quantitative estimate of drug-likeness (QED) is 0.519. The molecular formula is C17H17N7O2. The van der Waals surface area contributed by atoms with Crippen LogP contribution in [0.3, 0.4) is 0 Å². The second-order valence-corrected chi connectivity index (χ2v) is 6.87. The van der Waals surface area contributed by atoms with Crippen LogP contribution in [0.1, 0.15) is 12.0 Å². The van der Waals surface area contributed by atoms with E-state index in [0.717, 1.165) is 36.7 Å². The van der Waals surface area contributed by atoms with Gasteiger partial charge < -0.3 is 4.90 Å². The average molecular weight is 351 g/mol. The first-order valence-corrected chi connectivity index (χ1v) is 8.58. The molecule has 0 N–H and O–H groups in total. The third kappa shape index (κ3) is 2.48. The molecule has 9 heteroatoms. The van der Waals surface area contributed by atoms with Gasteiger partial charge in [-0.25, -0.2) is 0 Å². The predicted octanol–water partition coefficient (Wildman–Crippen LogP) is 1.50. The normalized spacial score (nSPS) is 22.4. The Kier molecular flexibility index (Phi) is 3.35. The number of non-ortho nitro benzene ring substituents is 1. The van der Waals surface area contributed by atoms with E-state index in [-0.39, 0.29) is 10.6 Å². The summed E-state index contributed by atoms with van der Waals surface area (Å²) < 4.78 is 1.69. The number of piperazine rings is 1. The molecule has 5 heterocycles. The van der Waals surface area contributed by atoms with Gasteiger partial charge in [-0.2, -0.15) is 4.52 Å². The maximum atomic E-state index is 11.0. The van der Waals surface area contributed by atoms with Crippen molar-refractivity contribution in [2.24, 2.45) is 0 Å². The summed E-state index contributed by atoms with van der Waals surface area (Å²) in [5.41, 5.74) is 1.89. The number of hydrogen-bond acceptors (Lipinski definition) is 7. The van der Waals surface area contributed by atoms with Crippen LogP contribution in [0.2, 0.25) is 0 Å². The Morgan fingerprint density at radius 1 is 1.19 bits per heavy atom. The third-order valence-corrected chi connectivity index (χ3v) is 5.30. The Morgan fingerprint density at radius 2 is 2.04 bits per heavy atom. The molecule has 2 bridgehead atoms. The molecule has 3 aliphatic rings. The van der Waals surface area contributed by atoms with Gasteiger partial charge in [-0.3, -0.25) is 15.0 Å². The number of aromatic nitrogens is 4. The molecule has 1 aromatic carbocycles. The van der Waals surface area contributed by atoms with Crippen LogP contribution in [-0.4, -0.2) is 54.8 Å². The number of nitro benzene ring substituents is 1. The zero-order valence-corrected chi connectivity index (χ0v) is 14.0. The maximum absolute atomic E-state index is 11.0. The molecule has 3 fully saturated rings. The van der Waals surface area contributed by atoms with Crippen LogP contribution >= 0.6 is 0 Å². The summed E-state index contributed by atoms with van der Waals surface area (Å²) in [4.78, 5) is 15.4. The summed E-state index contributed by atoms with van der Waals surface area (Å²) in [6.07, 6.45) is 2.78. The minimum Gasteiger partial charge on any atom is -0.352 e. The number of hydrogen-bond donors (Lipinski definition) is 0. The highest BCUT2D eigenvalue weighted by atomic mass is 16.6. The van der Waals surface area contributed by atoms with Crippen LogP contribution in [0.15, 0.2) is 42.7 Å². The number of nitrogens with zero attached hydrogens (tertiary/aromatic N) is 7. The van der Waals surface area contributed by atoms with Crippen molar-refractivity contribution in [2.45, 2.75) is 25.0 Å². The van der Waals surface area contributed by atoms with Gasteiger partial charge in [-0.05, 0) is 24.1 Å². The van der Waals surface area contributed by atoms with Crippen molar-refractivity contribution in [1.82, 2.24) is 24.7 Å². The molecule has 9 nitrogen and oxygen atoms in total. The summed E-state index contributed by atoms with van der Waals surface area (Å²) >= 11 is 0. The molecule has 26 heavy (non-hydrogen) atoms. The lowest BCUT2D eigenvalue weighted by molar-refractivity contribution is -0.384. The molecular weight excluding hydrogens is 334 g/mol. The van der Waals surface area contributed by atoms with Crippen LogP contribution in [0.25, 0.3) is 5.65 Å². The van der Waals surface area contributed by atoms with E-state index in [2.05, 4.69) is 25.1 Å². The Morgan fingerprint density at radius 3 is 2.85 bits per heavy atom. The summed E-state index contributed by atoms with van der Waals surface area (Å²) in [6, 6.07) is 11.7. The van der Waals surface area contributed by atoms with Crippen molar-refractivity contribution in [1.29, 1.82) is 0 Å². The molecule has 3 saturated heterocycles. The maximum Gasteiger partial charge on any atom is 0.269 e. The van der Waals surface area contributed by atoms with Crippen molar-refractivity contribution in [3.63, 3.8) is 0 Å². The topological polar surface area (TPSA) is 92.7 Å². The fourth-order valence-electron chi connectivity index (χ4n) is 4.00. The number of fused-ring (bicyclic) bond motifs is 3. The molecule has 0 spiro atoms. The zero-order chi connectivity index (χ0) is 17.7. The van der Waals surface area contributed by atoms with Gasteiger partial charge in [0.1, 0.15) is 12.1 Å². The second-order valence-electron chi connectivity index (χ2n) is 6.87.